The van der Waals surface area contributed by atoms with E-state index >= 15 is 0 Å². The lowest BCUT2D eigenvalue weighted by atomic mass is 9.89. The Bertz CT molecular complexity index is 469. The van der Waals surface area contributed by atoms with Crippen LogP contribution in [0.3, 0.4) is 0 Å². The van der Waals surface area contributed by atoms with Crippen molar-refractivity contribution in [2.24, 2.45) is 5.92 Å². The van der Waals surface area contributed by atoms with Gasteiger partial charge in [0, 0.05) is 11.9 Å². The first kappa shape index (κ1) is 14.8. The highest BCUT2D eigenvalue weighted by molar-refractivity contribution is 9.10. The molecule has 0 aliphatic heterocycles. The summed E-state index contributed by atoms with van der Waals surface area (Å²) in [6.45, 7) is 0.563. The molecule has 0 heterocycles. The van der Waals surface area contributed by atoms with Gasteiger partial charge in [-0.15, -0.1) is 11.6 Å². The van der Waals surface area contributed by atoms with Crippen LogP contribution in [0.4, 0.5) is 4.39 Å². The topological polar surface area (TPSA) is 29.1 Å². The summed E-state index contributed by atoms with van der Waals surface area (Å²) < 4.78 is 14.1. The number of halogens is 3. The summed E-state index contributed by atoms with van der Waals surface area (Å²) in [7, 11) is 0. The molecule has 0 spiro atoms. The molecule has 1 aliphatic carbocycles. The van der Waals surface area contributed by atoms with E-state index in [4.69, 9.17) is 11.6 Å². The molecular weight excluding hydrogens is 333 g/mol. The maximum atomic E-state index is 13.8. The highest BCUT2D eigenvalue weighted by Crippen LogP contribution is 2.27. The fraction of sp³-hybridized carbons (Fsp3) is 0.500. The quantitative estimate of drug-likeness (QED) is 0.818. The first-order chi connectivity index (χ1) is 9.08. The summed E-state index contributed by atoms with van der Waals surface area (Å²) in [5.41, 5.74) is 0.0765. The van der Waals surface area contributed by atoms with Gasteiger partial charge in [-0.2, -0.15) is 0 Å². The molecule has 2 nitrogen and oxygen atoms in total. The Morgan fingerprint density at radius 2 is 2.26 bits per heavy atom. The highest BCUT2D eigenvalue weighted by atomic mass is 79.9. The smallest absolute Gasteiger partial charge is 0.254 e. The van der Waals surface area contributed by atoms with Crippen LogP contribution in [0.15, 0.2) is 22.7 Å². The summed E-state index contributed by atoms with van der Waals surface area (Å²) in [6.07, 6.45) is 4.14. The molecule has 0 radical (unpaired) electrons. The fourth-order valence-corrected chi connectivity index (χ4v) is 3.19. The second kappa shape index (κ2) is 6.71. The zero-order valence-corrected chi connectivity index (χ0v) is 12.8. The van der Waals surface area contributed by atoms with Gasteiger partial charge >= 0.3 is 0 Å². The SMILES string of the molecule is O=C(NCC1CCCC(Cl)C1)c1cccc(Br)c1F. The van der Waals surface area contributed by atoms with Gasteiger partial charge in [0.15, 0.2) is 0 Å². The zero-order chi connectivity index (χ0) is 13.8. The summed E-state index contributed by atoms with van der Waals surface area (Å²) in [4.78, 5) is 11.9. The largest absolute Gasteiger partial charge is 0.352 e. The summed E-state index contributed by atoms with van der Waals surface area (Å²) in [6, 6.07) is 4.71. The maximum absolute atomic E-state index is 13.8. The lowest BCUT2D eigenvalue weighted by Crippen LogP contribution is -2.32. The predicted octanol–water partition coefficient (Wildman–Crippen LogP) is 4.12. The van der Waals surface area contributed by atoms with Crippen LogP contribution in [0.1, 0.15) is 36.0 Å². The Hall–Kier alpha value is -0.610. The van der Waals surface area contributed by atoms with Crippen LogP contribution >= 0.6 is 27.5 Å². The standard InChI is InChI=1S/C14H16BrClFNO/c15-12-6-2-5-11(13(12)17)14(19)18-8-9-3-1-4-10(16)7-9/h2,5-6,9-10H,1,3-4,7-8H2,(H,18,19). The van der Waals surface area contributed by atoms with Crippen molar-refractivity contribution < 1.29 is 9.18 Å². The average molecular weight is 349 g/mol. The van der Waals surface area contributed by atoms with Crippen molar-refractivity contribution in [2.75, 3.05) is 6.54 Å². The Morgan fingerprint density at radius 1 is 1.47 bits per heavy atom. The van der Waals surface area contributed by atoms with E-state index in [0.29, 0.717) is 16.9 Å². The molecule has 1 N–H and O–H groups in total. The number of rotatable bonds is 3. The van der Waals surface area contributed by atoms with E-state index in [-0.39, 0.29) is 16.8 Å². The van der Waals surface area contributed by atoms with Crippen LogP contribution < -0.4 is 5.32 Å². The second-order valence-corrected chi connectivity index (χ2v) is 6.41. The lowest BCUT2D eigenvalue weighted by Gasteiger charge is -2.25. The van der Waals surface area contributed by atoms with Crippen molar-refractivity contribution in [3.8, 4) is 0 Å². The Morgan fingerprint density at radius 3 is 3.00 bits per heavy atom. The van der Waals surface area contributed by atoms with Crippen LogP contribution in [0.2, 0.25) is 0 Å². The van der Waals surface area contributed by atoms with Gasteiger partial charge in [0.25, 0.3) is 5.91 Å². The van der Waals surface area contributed by atoms with Crippen molar-refractivity contribution in [3.05, 3.63) is 34.1 Å². The fourth-order valence-electron chi connectivity index (χ4n) is 2.42. The minimum atomic E-state index is -0.515. The summed E-state index contributed by atoms with van der Waals surface area (Å²) >= 11 is 9.19. The van der Waals surface area contributed by atoms with Crippen LogP contribution in [0, 0.1) is 11.7 Å². The van der Waals surface area contributed by atoms with E-state index in [1.165, 1.54) is 6.07 Å². The number of amides is 1. The van der Waals surface area contributed by atoms with Gasteiger partial charge in [0.1, 0.15) is 5.82 Å². The first-order valence-corrected chi connectivity index (χ1v) is 7.67. The second-order valence-electron chi connectivity index (χ2n) is 4.94. The molecule has 1 saturated carbocycles. The molecule has 0 aromatic heterocycles. The van der Waals surface area contributed by atoms with Crippen molar-refractivity contribution >= 4 is 33.4 Å². The van der Waals surface area contributed by atoms with Crippen LogP contribution in [0.25, 0.3) is 0 Å². The maximum Gasteiger partial charge on any atom is 0.254 e. The van der Waals surface area contributed by atoms with Gasteiger partial charge in [-0.25, -0.2) is 4.39 Å². The minimum absolute atomic E-state index is 0.0765. The van der Waals surface area contributed by atoms with Crippen molar-refractivity contribution in [1.29, 1.82) is 0 Å². The number of hydrogen-bond acceptors (Lipinski definition) is 1. The molecule has 1 aromatic rings. The third-order valence-electron chi connectivity index (χ3n) is 3.47. The summed E-state index contributed by atoms with van der Waals surface area (Å²) in [5, 5.41) is 3.01. The van der Waals surface area contributed by atoms with Crippen LogP contribution in [-0.4, -0.2) is 17.8 Å². The highest BCUT2D eigenvalue weighted by Gasteiger charge is 2.21. The third-order valence-corrected chi connectivity index (χ3v) is 4.48. The van der Waals surface area contributed by atoms with E-state index in [0.717, 1.165) is 25.7 Å². The Labute approximate surface area is 125 Å². The Kier molecular flexibility index (Phi) is 5.22. The number of carbonyl (C=O) groups excluding carboxylic acids is 1. The van der Waals surface area contributed by atoms with Crippen molar-refractivity contribution in [3.63, 3.8) is 0 Å². The summed E-state index contributed by atoms with van der Waals surface area (Å²) in [5.74, 6) is -0.482. The number of benzene rings is 1. The van der Waals surface area contributed by atoms with Gasteiger partial charge in [0.05, 0.1) is 10.0 Å². The van der Waals surface area contributed by atoms with E-state index < -0.39 is 5.82 Å². The average Bonchev–Trinajstić information content (AvgIpc) is 2.39. The molecule has 2 atom stereocenters. The normalized spacial score (nSPS) is 23.1. The molecule has 1 aromatic carbocycles. The molecule has 1 amide bonds. The molecular formula is C14H16BrClFNO. The molecule has 104 valence electrons. The third kappa shape index (κ3) is 3.93. The van der Waals surface area contributed by atoms with E-state index in [9.17, 15) is 9.18 Å². The Balaban J connectivity index is 1.92. The van der Waals surface area contributed by atoms with E-state index in [1.807, 2.05) is 0 Å². The van der Waals surface area contributed by atoms with Gasteiger partial charge in [-0.05, 0) is 53.2 Å². The molecule has 2 unspecified atom stereocenters. The first-order valence-electron chi connectivity index (χ1n) is 6.44. The molecule has 19 heavy (non-hydrogen) atoms. The zero-order valence-electron chi connectivity index (χ0n) is 10.5. The molecule has 0 bridgehead atoms. The molecule has 1 fully saturated rings. The van der Waals surface area contributed by atoms with Gasteiger partial charge in [-0.3, -0.25) is 4.79 Å². The minimum Gasteiger partial charge on any atom is -0.352 e. The van der Waals surface area contributed by atoms with Crippen molar-refractivity contribution in [1.82, 2.24) is 5.32 Å². The van der Waals surface area contributed by atoms with Gasteiger partial charge < -0.3 is 5.32 Å². The van der Waals surface area contributed by atoms with Gasteiger partial charge in [0.2, 0.25) is 0 Å². The van der Waals surface area contributed by atoms with Crippen LogP contribution in [0.5, 0.6) is 0 Å². The van der Waals surface area contributed by atoms with Crippen LogP contribution in [-0.2, 0) is 0 Å². The number of nitrogens with one attached hydrogen (secondary N) is 1. The van der Waals surface area contributed by atoms with E-state index in [2.05, 4.69) is 21.2 Å². The molecule has 2 rings (SSSR count). The number of carbonyl (C=O) groups is 1. The van der Waals surface area contributed by atoms with Gasteiger partial charge in [-0.1, -0.05) is 12.5 Å². The number of hydrogen-bond donors (Lipinski definition) is 1. The van der Waals surface area contributed by atoms with Crippen molar-refractivity contribution in [2.45, 2.75) is 31.1 Å². The lowest BCUT2D eigenvalue weighted by molar-refractivity contribution is 0.0939. The number of alkyl halides is 1. The predicted molar refractivity (Wildman–Crippen MR) is 78.0 cm³/mol. The monoisotopic (exact) mass is 347 g/mol. The molecule has 5 heteroatoms. The molecule has 0 saturated heterocycles. The van der Waals surface area contributed by atoms with E-state index in [1.54, 1.807) is 12.1 Å². The molecule has 1 aliphatic rings.